The first-order valence-corrected chi connectivity index (χ1v) is 27.2. The summed E-state index contributed by atoms with van der Waals surface area (Å²) in [5, 5.41) is 141. The molecule has 10 fully saturated rings. The summed E-state index contributed by atoms with van der Waals surface area (Å²) in [5.74, 6) is 0.560. The van der Waals surface area contributed by atoms with Crippen molar-refractivity contribution in [1.29, 1.82) is 0 Å². The molecule has 22 nitrogen and oxygen atoms in total. The minimum atomic E-state index is -1.88. The molecule has 0 amide bonds. The summed E-state index contributed by atoms with van der Waals surface area (Å²) < 4.78 is 55.9. The van der Waals surface area contributed by atoms with Gasteiger partial charge in [-0.2, -0.15) is 0 Å². The summed E-state index contributed by atoms with van der Waals surface area (Å²) >= 11 is 0. The summed E-state index contributed by atoms with van der Waals surface area (Å²) in [5.41, 5.74) is -2.15. The van der Waals surface area contributed by atoms with Crippen LogP contribution in [0.15, 0.2) is 0 Å². The third-order valence-electron chi connectivity index (χ3n) is 22.1. The van der Waals surface area contributed by atoms with E-state index in [-0.39, 0.29) is 51.4 Å². The van der Waals surface area contributed by atoms with Gasteiger partial charge in [0.1, 0.15) is 85.5 Å². The zero-order valence-corrected chi connectivity index (χ0v) is 43.6. The second-order valence-corrected chi connectivity index (χ2v) is 26.0. The number of ether oxygens (including phenoxy) is 9. The van der Waals surface area contributed by atoms with E-state index >= 15 is 0 Å². The molecule has 10 aliphatic rings. The molecule has 13 N–H and O–H groups in total. The molecular formula is C52H86O22. The van der Waals surface area contributed by atoms with Gasteiger partial charge < -0.3 is 109 Å². The van der Waals surface area contributed by atoms with Crippen molar-refractivity contribution in [1.82, 2.24) is 0 Å². The zero-order chi connectivity index (χ0) is 53.5. The smallest absolute Gasteiger partial charge is 0.187 e. The Morgan fingerprint density at radius 3 is 1.82 bits per heavy atom. The molecule has 5 heterocycles. The highest BCUT2D eigenvalue weighted by molar-refractivity contribution is 5.28. The van der Waals surface area contributed by atoms with Crippen LogP contribution in [0.4, 0.5) is 0 Å². The molecule has 426 valence electrons. The van der Waals surface area contributed by atoms with Gasteiger partial charge in [0, 0.05) is 17.4 Å². The molecule has 5 saturated heterocycles. The average molecular weight is 1060 g/mol. The number of fused-ring (bicyclic) bond motifs is 4. The lowest BCUT2D eigenvalue weighted by Crippen LogP contribution is -2.74. The van der Waals surface area contributed by atoms with Gasteiger partial charge in [-0.15, -0.1) is 0 Å². The topological polar surface area (TPSA) is 346 Å². The fraction of sp³-hybridized carbons (Fsp3) is 1.00. The quantitative estimate of drug-likeness (QED) is 0.0986. The number of aliphatic hydroxyl groups is 13. The van der Waals surface area contributed by atoms with E-state index in [1.807, 2.05) is 0 Å². The van der Waals surface area contributed by atoms with Gasteiger partial charge in [0.25, 0.3) is 0 Å². The third-order valence-corrected chi connectivity index (χ3v) is 22.1. The molecule has 0 aromatic rings. The first-order chi connectivity index (χ1) is 34.8. The van der Waals surface area contributed by atoms with Crippen molar-refractivity contribution < 1.29 is 109 Å². The Bertz CT molecular complexity index is 1990. The fourth-order valence-corrected chi connectivity index (χ4v) is 17.5. The van der Waals surface area contributed by atoms with Gasteiger partial charge >= 0.3 is 0 Å². The molecule has 74 heavy (non-hydrogen) atoms. The van der Waals surface area contributed by atoms with Crippen molar-refractivity contribution in [2.24, 2.45) is 50.2 Å². The molecule has 0 radical (unpaired) electrons. The van der Waals surface area contributed by atoms with Gasteiger partial charge in [-0.25, -0.2) is 0 Å². The number of aliphatic hydroxyl groups excluding tert-OH is 13. The van der Waals surface area contributed by atoms with Crippen molar-refractivity contribution in [2.45, 2.75) is 234 Å². The lowest BCUT2D eigenvalue weighted by atomic mass is 9.30. The van der Waals surface area contributed by atoms with Crippen molar-refractivity contribution in [2.75, 3.05) is 39.6 Å². The predicted molar refractivity (Wildman–Crippen MR) is 252 cm³/mol. The molecule has 0 aromatic heterocycles. The van der Waals surface area contributed by atoms with Crippen LogP contribution in [0, 0.1) is 50.2 Å². The van der Waals surface area contributed by atoms with Crippen LogP contribution in [0.2, 0.25) is 0 Å². The second-order valence-electron chi connectivity index (χ2n) is 26.0. The molecular weight excluding hydrogens is 977 g/mol. The Kier molecular flexibility index (Phi) is 15.2. The Hall–Kier alpha value is -0.880. The fourth-order valence-electron chi connectivity index (χ4n) is 17.5. The highest BCUT2D eigenvalue weighted by Gasteiger charge is 2.80. The molecule has 5 aliphatic carbocycles. The van der Waals surface area contributed by atoms with Crippen LogP contribution in [0.1, 0.15) is 106 Å². The van der Waals surface area contributed by atoms with E-state index in [0.29, 0.717) is 19.4 Å². The summed E-state index contributed by atoms with van der Waals surface area (Å²) in [6.45, 7) is 12.1. The molecule has 10 rings (SSSR count). The van der Waals surface area contributed by atoms with Crippen molar-refractivity contribution in [3.8, 4) is 0 Å². The highest BCUT2D eigenvalue weighted by Crippen LogP contribution is 2.80. The van der Waals surface area contributed by atoms with Crippen LogP contribution in [0.25, 0.3) is 0 Å². The molecule has 29 atom stereocenters. The Morgan fingerprint density at radius 2 is 1.14 bits per heavy atom. The van der Waals surface area contributed by atoms with Gasteiger partial charge in [0.05, 0.1) is 50.8 Å². The van der Waals surface area contributed by atoms with Crippen molar-refractivity contribution in [3.05, 3.63) is 0 Å². The van der Waals surface area contributed by atoms with Crippen molar-refractivity contribution in [3.63, 3.8) is 0 Å². The van der Waals surface area contributed by atoms with Crippen molar-refractivity contribution >= 4 is 0 Å². The maximum absolute atomic E-state index is 12.4. The van der Waals surface area contributed by atoms with Gasteiger partial charge in [-0.3, -0.25) is 0 Å². The molecule has 1 spiro atoms. The minimum absolute atomic E-state index is 0.109. The lowest BCUT2D eigenvalue weighted by molar-refractivity contribution is -0.392. The molecule has 22 heteroatoms. The molecule has 5 aliphatic heterocycles. The Balaban J connectivity index is 0.900. The van der Waals surface area contributed by atoms with E-state index in [1.165, 1.54) is 0 Å². The predicted octanol–water partition coefficient (Wildman–Crippen LogP) is -2.10. The van der Waals surface area contributed by atoms with Crippen LogP contribution >= 0.6 is 0 Å². The van der Waals surface area contributed by atoms with Crippen LogP contribution < -0.4 is 0 Å². The Morgan fingerprint density at radius 1 is 0.514 bits per heavy atom. The maximum Gasteiger partial charge on any atom is 0.187 e. The van der Waals surface area contributed by atoms with E-state index in [0.717, 1.165) is 51.4 Å². The summed E-state index contributed by atoms with van der Waals surface area (Å²) in [4.78, 5) is 0. The van der Waals surface area contributed by atoms with Gasteiger partial charge in [0.2, 0.25) is 0 Å². The van der Waals surface area contributed by atoms with Gasteiger partial charge in [-0.1, -0.05) is 41.5 Å². The minimum Gasteiger partial charge on any atom is -0.396 e. The summed E-state index contributed by atoms with van der Waals surface area (Å²) in [6, 6.07) is 0. The first-order valence-electron chi connectivity index (χ1n) is 27.2. The number of rotatable bonds is 11. The van der Waals surface area contributed by atoms with Crippen LogP contribution in [-0.4, -0.2) is 234 Å². The normalized spacial score (nSPS) is 58.2. The molecule has 0 aromatic carbocycles. The maximum atomic E-state index is 12.4. The zero-order valence-electron chi connectivity index (χ0n) is 43.6. The van der Waals surface area contributed by atoms with E-state index in [4.69, 9.17) is 42.6 Å². The monoisotopic (exact) mass is 1060 g/mol. The van der Waals surface area contributed by atoms with Crippen LogP contribution in [0.5, 0.6) is 0 Å². The Labute approximate surface area is 432 Å². The third kappa shape index (κ3) is 8.39. The lowest BCUT2D eigenvalue weighted by Gasteiger charge is -2.75. The highest BCUT2D eigenvalue weighted by atomic mass is 16.8. The first kappa shape index (κ1) is 56.4. The van der Waals surface area contributed by atoms with Crippen LogP contribution in [0.3, 0.4) is 0 Å². The van der Waals surface area contributed by atoms with E-state index < -0.39 is 160 Å². The summed E-state index contributed by atoms with van der Waals surface area (Å²) in [6.07, 6.45) is -22.7. The van der Waals surface area contributed by atoms with Crippen LogP contribution in [-0.2, 0) is 42.6 Å². The standard InChI is InChI=1S/C52H86O22/c1-46(2)27-7-11-49(5)28(8-12-52-29-15-47(3,21-55)13-14-51(29,22-68-52)30(57)16-50(49,52)6)48(27,4)10-9-31(46)72-44-40(74-43-39(65)36(62)33(59)24(17-53)69-43)35(61)26(20-67-44)71-45-41(37(63)34(60)25(18-54)70-45)73-42-38(64)32(58)23(56)19-66-42/h23-45,53-65H,7-22H2,1-6H3. The van der Waals surface area contributed by atoms with E-state index in [2.05, 4.69) is 41.5 Å². The molecule has 29 unspecified atom stereocenters. The van der Waals surface area contributed by atoms with E-state index in [9.17, 15) is 66.4 Å². The molecule has 5 saturated carbocycles. The average Bonchev–Trinajstić information content (AvgIpc) is 3.65. The summed E-state index contributed by atoms with van der Waals surface area (Å²) in [7, 11) is 0. The SMILES string of the molecule is CC1(CO)CCC23COC4(CCC5C6(C)CCC(OC7OCC(OC8OC(CO)C(O)C(O)C8OC8OCC(O)C(O)C8O)C(O)C7OC7OC(CO)C(O)C(O)C7O)C(C)(C)C6CCC5(C)C4(C)CC2O)C3C1. The number of hydrogen-bond donors (Lipinski definition) is 13. The number of hydrogen-bond acceptors (Lipinski definition) is 22. The molecule has 2 bridgehead atoms. The second kappa shape index (κ2) is 20.0. The van der Waals surface area contributed by atoms with Gasteiger partial charge in [-0.05, 0) is 104 Å². The largest absolute Gasteiger partial charge is 0.396 e. The van der Waals surface area contributed by atoms with E-state index in [1.54, 1.807) is 0 Å². The van der Waals surface area contributed by atoms with Gasteiger partial charge in [0.15, 0.2) is 25.2 Å².